The van der Waals surface area contributed by atoms with E-state index in [0.29, 0.717) is 5.56 Å². The van der Waals surface area contributed by atoms with Crippen molar-refractivity contribution in [1.29, 1.82) is 0 Å². The minimum absolute atomic E-state index is 0.164. The van der Waals surface area contributed by atoms with Gasteiger partial charge in [-0.3, -0.25) is 9.59 Å². The molecule has 1 N–H and O–H groups in total. The van der Waals surface area contributed by atoms with E-state index in [2.05, 4.69) is 6.58 Å². The van der Waals surface area contributed by atoms with E-state index in [0.717, 1.165) is 5.56 Å². The summed E-state index contributed by atoms with van der Waals surface area (Å²) in [6.45, 7) is 4.95. The molecule has 6 heteroatoms. The highest BCUT2D eigenvalue weighted by atomic mass is 16.5. The highest BCUT2D eigenvalue weighted by molar-refractivity contribution is 5.98. The molecule has 0 aromatic heterocycles. The highest BCUT2D eigenvalue weighted by Gasteiger charge is 2.22. The average molecular weight is 306 g/mol. The van der Waals surface area contributed by atoms with Crippen LogP contribution < -0.4 is 0 Å². The van der Waals surface area contributed by atoms with Gasteiger partial charge in [0, 0.05) is 12.2 Å². The van der Waals surface area contributed by atoms with Crippen LogP contribution in [0.1, 0.15) is 29.3 Å². The minimum Gasteiger partial charge on any atom is -0.479 e. The van der Waals surface area contributed by atoms with Crippen molar-refractivity contribution >= 4 is 23.8 Å². The van der Waals surface area contributed by atoms with Crippen molar-refractivity contribution < 1.29 is 29.0 Å². The number of hydrogen-bond donors (Lipinski definition) is 1. The van der Waals surface area contributed by atoms with Gasteiger partial charge in [-0.15, -0.1) is 0 Å². The van der Waals surface area contributed by atoms with Gasteiger partial charge < -0.3 is 14.6 Å². The number of carboxylic acid groups (broad SMARTS) is 1. The van der Waals surface area contributed by atoms with Gasteiger partial charge in [0.15, 0.2) is 18.5 Å². The van der Waals surface area contributed by atoms with Crippen LogP contribution >= 0.6 is 0 Å². The second-order valence-electron chi connectivity index (χ2n) is 4.40. The summed E-state index contributed by atoms with van der Waals surface area (Å²) in [4.78, 5) is 34.3. The number of carboxylic acids is 1. The molecule has 0 spiro atoms. The molecule has 118 valence electrons. The third-order valence-electron chi connectivity index (χ3n) is 2.80. The van der Waals surface area contributed by atoms with Crippen LogP contribution in [0.5, 0.6) is 0 Å². The summed E-state index contributed by atoms with van der Waals surface area (Å²) in [5.74, 6) is -2.42. The quantitative estimate of drug-likeness (QED) is 0.554. The number of hydrogen-bond acceptors (Lipinski definition) is 5. The standard InChI is InChI=1S/C16H18O6/c1-3-11-6-5-7-12(8-11)13(17)10-22-15(18)9-14(16(19)20)21-4-2/h3,5-8,14H,1,4,9-10H2,2H3,(H,19,20). The number of rotatable bonds is 9. The lowest BCUT2D eigenvalue weighted by Gasteiger charge is -2.11. The lowest BCUT2D eigenvalue weighted by atomic mass is 10.1. The molecule has 0 heterocycles. The van der Waals surface area contributed by atoms with E-state index in [-0.39, 0.29) is 12.4 Å². The van der Waals surface area contributed by atoms with Crippen LogP contribution in [-0.2, 0) is 19.1 Å². The second-order valence-corrected chi connectivity index (χ2v) is 4.40. The number of esters is 1. The smallest absolute Gasteiger partial charge is 0.333 e. The second kappa shape index (κ2) is 8.74. The van der Waals surface area contributed by atoms with Gasteiger partial charge in [-0.2, -0.15) is 0 Å². The maximum Gasteiger partial charge on any atom is 0.333 e. The largest absolute Gasteiger partial charge is 0.479 e. The zero-order valence-electron chi connectivity index (χ0n) is 12.3. The highest BCUT2D eigenvalue weighted by Crippen LogP contribution is 2.08. The van der Waals surface area contributed by atoms with Crippen LogP contribution in [0, 0.1) is 0 Å². The SMILES string of the molecule is C=Cc1cccc(C(=O)COC(=O)CC(OCC)C(=O)O)c1. The van der Waals surface area contributed by atoms with E-state index in [9.17, 15) is 14.4 Å². The molecule has 0 aliphatic heterocycles. The molecule has 0 saturated heterocycles. The van der Waals surface area contributed by atoms with Gasteiger partial charge >= 0.3 is 11.9 Å². The van der Waals surface area contributed by atoms with Gasteiger partial charge in [-0.05, 0) is 18.6 Å². The molecular formula is C16H18O6. The molecule has 0 fully saturated rings. The maximum absolute atomic E-state index is 11.9. The van der Waals surface area contributed by atoms with E-state index in [1.54, 1.807) is 37.3 Å². The Labute approximate surface area is 128 Å². The van der Waals surface area contributed by atoms with E-state index >= 15 is 0 Å². The topological polar surface area (TPSA) is 89.9 Å². The lowest BCUT2D eigenvalue weighted by Crippen LogP contribution is -2.28. The number of carbonyl (C=O) groups excluding carboxylic acids is 2. The molecule has 1 aromatic carbocycles. The number of aliphatic carboxylic acids is 1. The van der Waals surface area contributed by atoms with Gasteiger partial charge in [0.2, 0.25) is 0 Å². The third-order valence-corrected chi connectivity index (χ3v) is 2.80. The zero-order chi connectivity index (χ0) is 16.5. The summed E-state index contributed by atoms with van der Waals surface area (Å²) in [5.41, 5.74) is 1.17. The lowest BCUT2D eigenvalue weighted by molar-refractivity contribution is -0.158. The molecule has 1 unspecified atom stereocenters. The monoisotopic (exact) mass is 306 g/mol. The van der Waals surface area contributed by atoms with Crippen molar-refractivity contribution in [2.75, 3.05) is 13.2 Å². The van der Waals surface area contributed by atoms with Gasteiger partial charge in [0.05, 0.1) is 6.42 Å². The maximum atomic E-state index is 11.9. The van der Waals surface area contributed by atoms with E-state index < -0.39 is 31.1 Å². The van der Waals surface area contributed by atoms with E-state index in [4.69, 9.17) is 14.6 Å². The molecule has 0 saturated carbocycles. The summed E-state index contributed by atoms with van der Waals surface area (Å²) in [6.07, 6.45) is -0.109. The molecule has 0 aliphatic carbocycles. The normalized spacial score (nSPS) is 11.5. The Bertz CT molecular complexity index is 564. The van der Waals surface area contributed by atoms with Crippen LogP contribution in [0.15, 0.2) is 30.8 Å². The molecule has 1 aromatic rings. The number of carbonyl (C=O) groups is 3. The Morgan fingerprint density at radius 2 is 2.09 bits per heavy atom. The number of ether oxygens (including phenoxy) is 2. The van der Waals surface area contributed by atoms with Gasteiger partial charge in [-0.1, -0.05) is 30.9 Å². The molecule has 0 radical (unpaired) electrons. The van der Waals surface area contributed by atoms with Gasteiger partial charge in [-0.25, -0.2) is 4.79 Å². The Morgan fingerprint density at radius 1 is 1.36 bits per heavy atom. The predicted octanol–water partition coefficient (Wildman–Crippen LogP) is 1.94. The first-order valence-corrected chi connectivity index (χ1v) is 6.73. The van der Waals surface area contributed by atoms with Crippen LogP contribution in [-0.4, -0.2) is 42.1 Å². The number of benzene rings is 1. The Balaban J connectivity index is 2.54. The summed E-state index contributed by atoms with van der Waals surface area (Å²) in [5, 5.41) is 8.86. The molecule has 1 rings (SSSR count). The molecule has 0 aliphatic rings. The average Bonchev–Trinajstić information content (AvgIpc) is 2.52. The first kappa shape index (κ1) is 17.6. The zero-order valence-corrected chi connectivity index (χ0v) is 12.3. The molecular weight excluding hydrogens is 288 g/mol. The van der Waals surface area contributed by atoms with Gasteiger partial charge in [0.25, 0.3) is 0 Å². The molecule has 0 amide bonds. The minimum atomic E-state index is -1.27. The van der Waals surface area contributed by atoms with Crippen molar-refractivity contribution in [3.05, 3.63) is 42.0 Å². The summed E-state index contributed by atoms with van der Waals surface area (Å²) < 4.78 is 9.70. The van der Waals surface area contributed by atoms with E-state index in [1.807, 2.05) is 0 Å². The first-order valence-electron chi connectivity index (χ1n) is 6.73. The van der Waals surface area contributed by atoms with Crippen LogP contribution in [0.2, 0.25) is 0 Å². The number of ketones is 1. The van der Waals surface area contributed by atoms with Crippen molar-refractivity contribution in [3.63, 3.8) is 0 Å². The molecule has 22 heavy (non-hydrogen) atoms. The third kappa shape index (κ3) is 5.49. The Hall–Kier alpha value is -2.47. The van der Waals surface area contributed by atoms with Crippen LogP contribution in [0.4, 0.5) is 0 Å². The van der Waals surface area contributed by atoms with E-state index in [1.165, 1.54) is 0 Å². The summed E-state index contributed by atoms with van der Waals surface area (Å²) >= 11 is 0. The van der Waals surface area contributed by atoms with Crippen molar-refractivity contribution in [1.82, 2.24) is 0 Å². The molecule has 0 bridgehead atoms. The Morgan fingerprint density at radius 3 is 2.68 bits per heavy atom. The molecule has 1 atom stereocenters. The summed E-state index contributed by atoms with van der Waals surface area (Å²) in [6, 6.07) is 6.71. The Kier molecular flexibility index (Phi) is 6.98. The van der Waals surface area contributed by atoms with Crippen molar-refractivity contribution in [2.24, 2.45) is 0 Å². The van der Waals surface area contributed by atoms with Gasteiger partial charge in [0.1, 0.15) is 0 Å². The fraction of sp³-hybridized carbons (Fsp3) is 0.312. The van der Waals surface area contributed by atoms with Crippen molar-refractivity contribution in [3.8, 4) is 0 Å². The number of Topliss-reactive ketones (excluding diaryl/α,β-unsaturated/α-hetero) is 1. The predicted molar refractivity (Wildman–Crippen MR) is 79.5 cm³/mol. The first-order chi connectivity index (χ1) is 10.5. The van der Waals surface area contributed by atoms with Crippen LogP contribution in [0.25, 0.3) is 6.08 Å². The van der Waals surface area contributed by atoms with Crippen molar-refractivity contribution in [2.45, 2.75) is 19.4 Å². The fourth-order valence-corrected chi connectivity index (χ4v) is 1.70. The van der Waals surface area contributed by atoms with Crippen LogP contribution in [0.3, 0.4) is 0 Å². The summed E-state index contributed by atoms with van der Waals surface area (Å²) in [7, 11) is 0. The fourth-order valence-electron chi connectivity index (χ4n) is 1.70. The molecule has 6 nitrogen and oxygen atoms in total.